The van der Waals surface area contributed by atoms with E-state index >= 15 is 0 Å². The van der Waals surface area contributed by atoms with E-state index in [9.17, 15) is 4.79 Å². The number of hydrogen-bond acceptors (Lipinski definition) is 3. The predicted octanol–water partition coefficient (Wildman–Crippen LogP) is 1.44. The van der Waals surface area contributed by atoms with Gasteiger partial charge < -0.3 is 10.2 Å². The van der Waals surface area contributed by atoms with Gasteiger partial charge in [0.2, 0.25) is 0 Å². The quantitative estimate of drug-likeness (QED) is 0.911. The number of hydrogen-bond donors (Lipinski definition) is 1. The summed E-state index contributed by atoms with van der Waals surface area (Å²) < 4.78 is 0.888. The predicted molar refractivity (Wildman–Crippen MR) is 67.6 cm³/mol. The molecule has 4 nitrogen and oxygen atoms in total. The summed E-state index contributed by atoms with van der Waals surface area (Å²) in [7, 11) is 3.64. The Morgan fingerprint density at radius 1 is 1.62 bits per heavy atom. The Labute approximate surface area is 104 Å². The molecule has 1 N–H and O–H groups in total. The van der Waals surface area contributed by atoms with Gasteiger partial charge in [0.1, 0.15) is 5.69 Å². The highest BCUT2D eigenvalue weighted by Gasteiger charge is 2.15. The molecule has 0 aliphatic carbocycles. The van der Waals surface area contributed by atoms with E-state index in [1.807, 2.05) is 20.0 Å². The molecule has 88 valence electrons. The third-order valence-electron chi connectivity index (χ3n) is 2.29. The van der Waals surface area contributed by atoms with E-state index in [0.717, 1.165) is 16.6 Å². The van der Waals surface area contributed by atoms with Crippen molar-refractivity contribution in [3.63, 3.8) is 0 Å². The van der Waals surface area contributed by atoms with Gasteiger partial charge in [-0.3, -0.25) is 4.79 Å². The van der Waals surface area contributed by atoms with Crippen LogP contribution in [-0.4, -0.2) is 43.0 Å². The third kappa shape index (κ3) is 3.28. The highest BCUT2D eigenvalue weighted by molar-refractivity contribution is 9.10. The topological polar surface area (TPSA) is 45.2 Å². The monoisotopic (exact) mass is 285 g/mol. The molecule has 1 aromatic rings. The Bertz CT molecular complexity index is 381. The van der Waals surface area contributed by atoms with Gasteiger partial charge in [-0.25, -0.2) is 4.98 Å². The summed E-state index contributed by atoms with van der Waals surface area (Å²) in [4.78, 5) is 17.8. The second kappa shape index (κ2) is 5.96. The van der Waals surface area contributed by atoms with E-state index in [-0.39, 0.29) is 5.91 Å². The van der Waals surface area contributed by atoms with Crippen molar-refractivity contribution in [2.24, 2.45) is 0 Å². The standard InChI is InChI=1S/C11H16BrN3O/c1-8-6-9(12)7-14-10(8)11(16)15(3)5-4-13-2/h6-7,13H,4-5H2,1-3H3. The highest BCUT2D eigenvalue weighted by atomic mass is 79.9. The summed E-state index contributed by atoms with van der Waals surface area (Å²) in [6, 6.07) is 1.89. The fraction of sp³-hybridized carbons (Fsp3) is 0.455. The Hall–Kier alpha value is -0.940. The number of nitrogens with one attached hydrogen (secondary N) is 1. The van der Waals surface area contributed by atoms with Crippen LogP contribution < -0.4 is 5.32 Å². The first-order chi connectivity index (χ1) is 7.56. The van der Waals surface area contributed by atoms with Crippen LogP contribution in [0.1, 0.15) is 16.1 Å². The van der Waals surface area contributed by atoms with Crippen LogP contribution in [0.15, 0.2) is 16.7 Å². The Balaban J connectivity index is 2.79. The average Bonchev–Trinajstić information content (AvgIpc) is 2.25. The summed E-state index contributed by atoms with van der Waals surface area (Å²) in [5.41, 5.74) is 1.40. The molecule has 1 amide bonds. The van der Waals surface area contributed by atoms with Crippen molar-refractivity contribution in [3.05, 3.63) is 28.0 Å². The lowest BCUT2D eigenvalue weighted by Crippen LogP contribution is -2.33. The van der Waals surface area contributed by atoms with Crippen molar-refractivity contribution in [1.82, 2.24) is 15.2 Å². The van der Waals surface area contributed by atoms with E-state index in [0.29, 0.717) is 12.2 Å². The molecule has 0 aliphatic rings. The molecule has 5 heteroatoms. The Morgan fingerprint density at radius 3 is 2.88 bits per heavy atom. The lowest BCUT2D eigenvalue weighted by Gasteiger charge is -2.17. The van der Waals surface area contributed by atoms with Gasteiger partial charge in [0, 0.05) is 30.8 Å². The molecule has 0 saturated heterocycles. The number of carbonyl (C=O) groups is 1. The molecule has 1 heterocycles. The van der Waals surface area contributed by atoms with Crippen LogP contribution >= 0.6 is 15.9 Å². The zero-order chi connectivity index (χ0) is 12.1. The number of amides is 1. The minimum atomic E-state index is -0.0414. The van der Waals surface area contributed by atoms with E-state index < -0.39 is 0 Å². The van der Waals surface area contributed by atoms with Crippen LogP contribution in [0.5, 0.6) is 0 Å². The molecule has 0 radical (unpaired) electrons. The van der Waals surface area contributed by atoms with Crippen molar-refractivity contribution in [1.29, 1.82) is 0 Å². The minimum Gasteiger partial charge on any atom is -0.339 e. The molecule has 16 heavy (non-hydrogen) atoms. The third-order valence-corrected chi connectivity index (χ3v) is 2.73. The number of pyridine rings is 1. The van der Waals surface area contributed by atoms with Crippen molar-refractivity contribution in [2.75, 3.05) is 27.2 Å². The van der Waals surface area contributed by atoms with Crippen molar-refractivity contribution < 1.29 is 4.79 Å². The van der Waals surface area contributed by atoms with Crippen LogP contribution in [0.2, 0.25) is 0 Å². The first-order valence-electron chi connectivity index (χ1n) is 5.08. The molecule has 0 spiro atoms. The van der Waals surface area contributed by atoms with E-state index in [2.05, 4.69) is 26.2 Å². The summed E-state index contributed by atoms with van der Waals surface area (Å²) in [6.07, 6.45) is 1.64. The Kier molecular flexibility index (Phi) is 4.89. The zero-order valence-corrected chi connectivity index (χ0v) is 11.3. The van der Waals surface area contributed by atoms with E-state index in [1.165, 1.54) is 0 Å². The first kappa shape index (κ1) is 13.1. The highest BCUT2D eigenvalue weighted by Crippen LogP contribution is 2.14. The fourth-order valence-corrected chi connectivity index (χ4v) is 1.77. The van der Waals surface area contributed by atoms with Crippen LogP contribution in [0.3, 0.4) is 0 Å². The summed E-state index contributed by atoms with van der Waals surface area (Å²) in [5.74, 6) is -0.0414. The minimum absolute atomic E-state index is 0.0414. The summed E-state index contributed by atoms with van der Waals surface area (Å²) in [6.45, 7) is 3.33. The maximum atomic E-state index is 12.0. The zero-order valence-electron chi connectivity index (χ0n) is 9.75. The number of nitrogens with zero attached hydrogens (tertiary/aromatic N) is 2. The second-order valence-electron chi connectivity index (χ2n) is 3.65. The van der Waals surface area contributed by atoms with Crippen molar-refractivity contribution in [3.8, 4) is 0 Å². The molecule has 0 aromatic carbocycles. The number of halogens is 1. The largest absolute Gasteiger partial charge is 0.339 e. The smallest absolute Gasteiger partial charge is 0.272 e. The molecule has 0 atom stereocenters. The van der Waals surface area contributed by atoms with Crippen LogP contribution in [0.25, 0.3) is 0 Å². The second-order valence-corrected chi connectivity index (χ2v) is 4.56. The van der Waals surface area contributed by atoms with E-state index in [1.54, 1.807) is 18.1 Å². The van der Waals surface area contributed by atoms with Crippen molar-refractivity contribution in [2.45, 2.75) is 6.92 Å². The molecule has 1 rings (SSSR count). The maximum Gasteiger partial charge on any atom is 0.272 e. The van der Waals surface area contributed by atoms with Gasteiger partial charge in [-0.1, -0.05) is 0 Å². The van der Waals surface area contributed by atoms with Crippen LogP contribution in [0, 0.1) is 6.92 Å². The van der Waals surface area contributed by atoms with Crippen molar-refractivity contribution >= 4 is 21.8 Å². The van der Waals surface area contributed by atoms with Gasteiger partial charge in [0.25, 0.3) is 5.91 Å². The molecule has 0 aliphatic heterocycles. The lowest BCUT2D eigenvalue weighted by molar-refractivity contribution is 0.0790. The van der Waals surface area contributed by atoms with Gasteiger partial charge in [-0.05, 0) is 41.5 Å². The summed E-state index contributed by atoms with van der Waals surface area (Å²) >= 11 is 3.33. The normalized spacial score (nSPS) is 10.2. The number of carbonyl (C=O) groups excluding carboxylic acids is 1. The van der Waals surface area contributed by atoms with Gasteiger partial charge in [0.15, 0.2) is 0 Å². The maximum absolute atomic E-state index is 12.0. The number of rotatable bonds is 4. The molecule has 0 bridgehead atoms. The van der Waals surface area contributed by atoms with Gasteiger partial charge in [0.05, 0.1) is 0 Å². The molecule has 1 aromatic heterocycles. The summed E-state index contributed by atoms with van der Waals surface area (Å²) in [5, 5.41) is 3.01. The number of aromatic nitrogens is 1. The SMILES string of the molecule is CNCCN(C)C(=O)c1ncc(Br)cc1C. The molecular formula is C11H16BrN3O. The first-order valence-corrected chi connectivity index (χ1v) is 5.87. The molecule has 0 unspecified atom stereocenters. The van der Waals surface area contributed by atoms with Gasteiger partial charge in [-0.15, -0.1) is 0 Å². The molecular weight excluding hydrogens is 270 g/mol. The molecule has 0 fully saturated rings. The Morgan fingerprint density at radius 2 is 2.31 bits per heavy atom. The number of aryl methyl sites for hydroxylation is 1. The van der Waals surface area contributed by atoms with Gasteiger partial charge >= 0.3 is 0 Å². The lowest BCUT2D eigenvalue weighted by atomic mass is 10.2. The number of likely N-dealkylation sites (N-methyl/N-ethyl adjacent to an activating group) is 2. The van der Waals surface area contributed by atoms with E-state index in [4.69, 9.17) is 0 Å². The average molecular weight is 286 g/mol. The van der Waals surface area contributed by atoms with Gasteiger partial charge in [-0.2, -0.15) is 0 Å². The molecule has 0 saturated carbocycles. The fourth-order valence-electron chi connectivity index (χ4n) is 1.33. The van der Waals surface area contributed by atoms with Crippen LogP contribution in [-0.2, 0) is 0 Å². The van der Waals surface area contributed by atoms with Crippen LogP contribution in [0.4, 0.5) is 0 Å².